The van der Waals surface area contributed by atoms with Gasteiger partial charge < -0.3 is 10.3 Å². The number of rotatable bonds is 5. The first-order valence-corrected chi connectivity index (χ1v) is 9.16. The molecule has 6 heteroatoms. The summed E-state index contributed by atoms with van der Waals surface area (Å²) in [4.78, 5) is 31.2. The molecule has 3 aromatic rings. The van der Waals surface area contributed by atoms with Crippen LogP contribution in [0.5, 0.6) is 0 Å². The van der Waals surface area contributed by atoms with Crippen molar-refractivity contribution in [1.29, 1.82) is 0 Å². The lowest BCUT2D eigenvalue weighted by atomic mass is 10.1. The quantitative estimate of drug-likeness (QED) is 0.533. The van der Waals surface area contributed by atoms with Crippen LogP contribution in [0, 0.1) is 13.8 Å². The van der Waals surface area contributed by atoms with Crippen molar-refractivity contribution in [1.82, 2.24) is 9.97 Å². The van der Waals surface area contributed by atoms with Crippen LogP contribution < -0.4 is 10.9 Å². The van der Waals surface area contributed by atoms with Gasteiger partial charge in [0.25, 0.3) is 5.56 Å². The molecular formula is C20H19N3O2S. The number of amides is 1. The molecule has 0 spiro atoms. The van der Waals surface area contributed by atoms with Gasteiger partial charge in [-0.15, -0.1) is 0 Å². The lowest BCUT2D eigenvalue weighted by Crippen LogP contribution is -2.16. The van der Waals surface area contributed by atoms with Crippen LogP contribution in [0.2, 0.25) is 0 Å². The molecule has 2 aromatic carbocycles. The van der Waals surface area contributed by atoms with E-state index in [1.807, 2.05) is 62.4 Å². The lowest BCUT2D eigenvalue weighted by molar-refractivity contribution is -0.113. The number of carbonyl (C=O) groups is 1. The molecule has 2 N–H and O–H groups in total. The number of hydrogen-bond donors (Lipinski definition) is 2. The molecule has 1 heterocycles. The first kappa shape index (κ1) is 17.9. The van der Waals surface area contributed by atoms with Crippen LogP contribution >= 0.6 is 11.8 Å². The Kier molecular flexibility index (Phi) is 5.53. The van der Waals surface area contributed by atoms with Crippen molar-refractivity contribution < 1.29 is 4.79 Å². The molecule has 0 fully saturated rings. The average molecular weight is 365 g/mol. The van der Waals surface area contributed by atoms with Crippen molar-refractivity contribution in [2.45, 2.75) is 19.0 Å². The maximum Gasteiger partial charge on any atom is 0.252 e. The number of thioether (sulfide) groups is 1. The minimum Gasteiger partial charge on any atom is -0.325 e. The van der Waals surface area contributed by atoms with Gasteiger partial charge in [-0.05, 0) is 25.5 Å². The van der Waals surface area contributed by atoms with E-state index in [0.29, 0.717) is 10.9 Å². The Morgan fingerprint density at radius 2 is 1.88 bits per heavy atom. The normalized spacial score (nSPS) is 10.5. The van der Waals surface area contributed by atoms with Crippen LogP contribution in [0.25, 0.3) is 11.3 Å². The number of aromatic nitrogens is 2. The summed E-state index contributed by atoms with van der Waals surface area (Å²) in [6, 6.07) is 16.8. The first-order valence-electron chi connectivity index (χ1n) is 8.18. The van der Waals surface area contributed by atoms with Gasteiger partial charge >= 0.3 is 0 Å². The largest absolute Gasteiger partial charge is 0.325 e. The van der Waals surface area contributed by atoms with E-state index in [-0.39, 0.29) is 17.2 Å². The lowest BCUT2D eigenvalue weighted by Gasteiger charge is -2.09. The van der Waals surface area contributed by atoms with Gasteiger partial charge in [0, 0.05) is 17.3 Å². The third kappa shape index (κ3) is 4.61. The average Bonchev–Trinajstić information content (AvgIpc) is 2.63. The summed E-state index contributed by atoms with van der Waals surface area (Å²) in [5.74, 6) is 0.0174. The van der Waals surface area contributed by atoms with Gasteiger partial charge in [0.15, 0.2) is 5.16 Å². The van der Waals surface area contributed by atoms with Crippen LogP contribution in [0.1, 0.15) is 11.1 Å². The fraction of sp³-hybridized carbons (Fsp3) is 0.150. The van der Waals surface area contributed by atoms with Gasteiger partial charge in [0.1, 0.15) is 0 Å². The maximum absolute atomic E-state index is 12.2. The molecule has 0 saturated heterocycles. The van der Waals surface area contributed by atoms with Gasteiger partial charge in [-0.3, -0.25) is 9.59 Å². The van der Waals surface area contributed by atoms with E-state index < -0.39 is 0 Å². The van der Waals surface area contributed by atoms with Crippen LogP contribution in [-0.4, -0.2) is 21.6 Å². The third-order valence-corrected chi connectivity index (χ3v) is 4.66. The Labute approximate surface area is 155 Å². The number of hydrogen-bond acceptors (Lipinski definition) is 4. The minimum absolute atomic E-state index is 0.144. The number of aryl methyl sites for hydroxylation is 2. The summed E-state index contributed by atoms with van der Waals surface area (Å²) >= 11 is 1.20. The molecule has 0 aliphatic rings. The Balaban J connectivity index is 1.68. The summed E-state index contributed by atoms with van der Waals surface area (Å²) in [6.07, 6.45) is 0. The molecule has 0 saturated carbocycles. The smallest absolute Gasteiger partial charge is 0.252 e. The van der Waals surface area contributed by atoms with E-state index in [4.69, 9.17) is 0 Å². The summed E-state index contributed by atoms with van der Waals surface area (Å²) in [5, 5.41) is 3.31. The molecule has 0 unspecified atom stereocenters. The summed E-state index contributed by atoms with van der Waals surface area (Å²) in [6.45, 7) is 3.97. The molecule has 0 bridgehead atoms. The van der Waals surface area contributed by atoms with Crippen molar-refractivity contribution in [3.8, 4) is 11.3 Å². The Bertz CT molecular complexity index is 984. The Morgan fingerprint density at radius 3 is 2.62 bits per heavy atom. The van der Waals surface area contributed by atoms with E-state index in [2.05, 4.69) is 15.3 Å². The molecule has 5 nitrogen and oxygen atoms in total. The van der Waals surface area contributed by atoms with Crippen molar-refractivity contribution >= 4 is 23.4 Å². The maximum atomic E-state index is 12.2. The number of carbonyl (C=O) groups excluding carboxylic acids is 1. The van der Waals surface area contributed by atoms with Crippen molar-refractivity contribution in [3.63, 3.8) is 0 Å². The fourth-order valence-corrected chi connectivity index (χ4v) is 3.21. The summed E-state index contributed by atoms with van der Waals surface area (Å²) in [5.41, 5.74) is 4.17. The van der Waals surface area contributed by atoms with Gasteiger partial charge in [0.2, 0.25) is 5.91 Å². The highest BCUT2D eigenvalue weighted by Crippen LogP contribution is 2.20. The number of benzene rings is 2. The molecule has 26 heavy (non-hydrogen) atoms. The van der Waals surface area contributed by atoms with E-state index in [1.54, 1.807) is 0 Å². The predicted octanol–water partition coefficient (Wildman–Crippen LogP) is 3.78. The highest BCUT2D eigenvalue weighted by Gasteiger charge is 2.09. The number of nitrogens with zero attached hydrogens (tertiary/aromatic N) is 1. The molecule has 0 atom stereocenters. The second kappa shape index (κ2) is 8.01. The zero-order chi connectivity index (χ0) is 18.5. The molecule has 132 valence electrons. The van der Waals surface area contributed by atoms with Crippen molar-refractivity contribution in [3.05, 3.63) is 76.1 Å². The first-order chi connectivity index (χ1) is 12.5. The zero-order valence-corrected chi connectivity index (χ0v) is 15.4. The van der Waals surface area contributed by atoms with Gasteiger partial charge in [-0.25, -0.2) is 4.98 Å². The minimum atomic E-state index is -0.240. The third-order valence-electron chi connectivity index (χ3n) is 3.79. The van der Waals surface area contributed by atoms with E-state index in [0.717, 1.165) is 22.4 Å². The van der Waals surface area contributed by atoms with Gasteiger partial charge in [-0.2, -0.15) is 0 Å². The Morgan fingerprint density at radius 1 is 1.12 bits per heavy atom. The van der Waals surface area contributed by atoms with Crippen molar-refractivity contribution in [2.24, 2.45) is 0 Å². The monoisotopic (exact) mass is 365 g/mol. The van der Waals surface area contributed by atoms with Crippen LogP contribution in [0.3, 0.4) is 0 Å². The van der Waals surface area contributed by atoms with Crippen molar-refractivity contribution in [2.75, 3.05) is 11.1 Å². The molecule has 0 aliphatic heterocycles. The molecule has 1 amide bonds. The molecule has 3 rings (SSSR count). The number of H-pyrrole nitrogens is 1. The van der Waals surface area contributed by atoms with E-state index in [9.17, 15) is 9.59 Å². The van der Waals surface area contributed by atoms with Gasteiger partial charge in [0.05, 0.1) is 11.4 Å². The highest BCUT2D eigenvalue weighted by molar-refractivity contribution is 7.99. The second-order valence-electron chi connectivity index (χ2n) is 5.96. The summed E-state index contributed by atoms with van der Waals surface area (Å²) < 4.78 is 0. The second-order valence-corrected chi connectivity index (χ2v) is 6.92. The van der Waals surface area contributed by atoms with E-state index in [1.165, 1.54) is 17.8 Å². The zero-order valence-electron chi connectivity index (χ0n) is 14.6. The highest BCUT2D eigenvalue weighted by atomic mass is 32.2. The summed E-state index contributed by atoms with van der Waals surface area (Å²) in [7, 11) is 0. The fourth-order valence-electron chi connectivity index (χ4n) is 2.53. The number of aromatic amines is 1. The predicted molar refractivity (Wildman–Crippen MR) is 106 cm³/mol. The molecule has 0 radical (unpaired) electrons. The van der Waals surface area contributed by atoms with Crippen LogP contribution in [0.4, 0.5) is 5.69 Å². The number of nitrogens with one attached hydrogen (secondary N) is 2. The standard InChI is InChI=1S/C20H19N3O2S/c1-13-8-9-16(14(2)10-13)21-19(25)12-26-20-22-17(11-18(24)23-20)15-6-4-3-5-7-15/h3-11H,12H2,1-2H3,(H,21,25)(H,22,23,24). The van der Waals surface area contributed by atoms with Crippen LogP contribution in [-0.2, 0) is 4.79 Å². The SMILES string of the molecule is Cc1ccc(NC(=O)CSc2nc(-c3ccccc3)cc(=O)[nH]2)c(C)c1. The van der Waals surface area contributed by atoms with Crippen LogP contribution in [0.15, 0.2) is 64.5 Å². The van der Waals surface area contributed by atoms with Gasteiger partial charge in [-0.1, -0.05) is 59.8 Å². The molecular weight excluding hydrogens is 346 g/mol. The number of anilines is 1. The Hall–Kier alpha value is -2.86. The van der Waals surface area contributed by atoms with E-state index >= 15 is 0 Å². The topological polar surface area (TPSA) is 74.8 Å². The molecule has 0 aliphatic carbocycles. The molecule has 1 aromatic heterocycles.